The summed E-state index contributed by atoms with van der Waals surface area (Å²) < 4.78 is 5.42. The molecule has 23 heavy (non-hydrogen) atoms. The van der Waals surface area contributed by atoms with Gasteiger partial charge in [0.25, 0.3) is 0 Å². The Morgan fingerprint density at radius 3 is 2.65 bits per heavy atom. The molecule has 122 valence electrons. The van der Waals surface area contributed by atoms with Crippen LogP contribution in [0.2, 0.25) is 5.02 Å². The Balaban J connectivity index is 1.69. The third-order valence-corrected chi connectivity index (χ3v) is 3.93. The fourth-order valence-electron chi connectivity index (χ4n) is 2.43. The topological polar surface area (TPSA) is 93.3 Å². The summed E-state index contributed by atoms with van der Waals surface area (Å²) in [7, 11) is 0. The largest absolute Gasteiger partial charge is 0.478 e. The van der Waals surface area contributed by atoms with E-state index in [9.17, 15) is 0 Å². The summed E-state index contributed by atoms with van der Waals surface area (Å²) in [5.74, 6) is 2.23. The van der Waals surface area contributed by atoms with Gasteiger partial charge in [0.1, 0.15) is 17.2 Å². The van der Waals surface area contributed by atoms with Gasteiger partial charge in [0, 0.05) is 38.4 Å². The van der Waals surface area contributed by atoms with E-state index in [-0.39, 0.29) is 0 Å². The molecular formula is C14H18ClN7O. The number of hydrogen-bond acceptors (Lipinski definition) is 8. The highest BCUT2D eigenvalue weighted by atomic mass is 35.5. The number of aromatic nitrogens is 4. The number of rotatable bonds is 4. The molecule has 2 aromatic rings. The van der Waals surface area contributed by atoms with Crippen molar-refractivity contribution in [3.63, 3.8) is 0 Å². The molecule has 9 heteroatoms. The van der Waals surface area contributed by atoms with Crippen molar-refractivity contribution >= 4 is 29.2 Å². The highest BCUT2D eigenvalue weighted by Crippen LogP contribution is 2.28. The second-order valence-electron chi connectivity index (χ2n) is 5.00. The Labute approximate surface area is 139 Å². The summed E-state index contributed by atoms with van der Waals surface area (Å²) in [6.45, 7) is 5.53. The highest BCUT2D eigenvalue weighted by molar-refractivity contribution is 6.35. The Morgan fingerprint density at radius 1 is 1.17 bits per heavy atom. The van der Waals surface area contributed by atoms with E-state index in [1.807, 2.05) is 6.92 Å². The lowest BCUT2D eigenvalue weighted by molar-refractivity contribution is 0.326. The lowest BCUT2D eigenvalue weighted by Gasteiger charge is -2.35. The van der Waals surface area contributed by atoms with E-state index in [2.05, 4.69) is 29.7 Å². The van der Waals surface area contributed by atoms with Crippen molar-refractivity contribution in [2.24, 2.45) is 0 Å². The molecule has 1 aliphatic rings. The van der Waals surface area contributed by atoms with Crippen LogP contribution in [-0.4, -0.2) is 52.7 Å². The minimum atomic E-state index is 0.298. The molecule has 0 atom stereocenters. The van der Waals surface area contributed by atoms with Crippen molar-refractivity contribution in [3.05, 3.63) is 23.6 Å². The molecular weight excluding hydrogens is 318 g/mol. The van der Waals surface area contributed by atoms with Crippen LogP contribution in [-0.2, 0) is 0 Å². The van der Waals surface area contributed by atoms with Gasteiger partial charge in [-0.2, -0.15) is 4.98 Å². The van der Waals surface area contributed by atoms with Crippen LogP contribution < -0.4 is 20.3 Å². The summed E-state index contributed by atoms with van der Waals surface area (Å²) in [6, 6.07) is 1.76. The molecule has 0 amide bonds. The fraction of sp³-hybridized carbons (Fsp3) is 0.429. The Morgan fingerprint density at radius 2 is 1.91 bits per heavy atom. The van der Waals surface area contributed by atoms with Crippen molar-refractivity contribution in [1.29, 1.82) is 0 Å². The van der Waals surface area contributed by atoms with Crippen LogP contribution in [0, 0.1) is 0 Å². The van der Waals surface area contributed by atoms with E-state index < -0.39 is 0 Å². The number of nitrogens with two attached hydrogens (primary N) is 1. The number of halogens is 1. The van der Waals surface area contributed by atoms with Crippen LogP contribution in [0.25, 0.3) is 0 Å². The van der Waals surface area contributed by atoms with Gasteiger partial charge in [0.05, 0.1) is 6.61 Å². The van der Waals surface area contributed by atoms with E-state index in [1.54, 1.807) is 12.3 Å². The standard InChI is InChI=1S/C14H18ClN7O/c1-2-23-10-3-4-17-14(20-10)22-7-5-21(6-8-22)13-11(15)12(16)18-9-19-13/h3-4,9H,2,5-8H2,1H3,(H2,16,18,19). The Kier molecular flexibility index (Phi) is 4.61. The molecule has 0 saturated carbocycles. The molecule has 3 rings (SSSR count). The summed E-state index contributed by atoms with van der Waals surface area (Å²) in [4.78, 5) is 21.1. The van der Waals surface area contributed by atoms with Crippen LogP contribution in [0.1, 0.15) is 6.92 Å². The number of ether oxygens (including phenoxy) is 1. The Hall–Kier alpha value is -2.35. The normalized spacial score (nSPS) is 14.9. The van der Waals surface area contributed by atoms with Gasteiger partial charge in [-0.25, -0.2) is 15.0 Å². The van der Waals surface area contributed by atoms with Gasteiger partial charge in [-0.05, 0) is 6.92 Å². The van der Waals surface area contributed by atoms with Crippen molar-refractivity contribution < 1.29 is 4.74 Å². The van der Waals surface area contributed by atoms with Gasteiger partial charge in [-0.3, -0.25) is 0 Å². The average Bonchev–Trinajstić information content (AvgIpc) is 2.58. The molecule has 0 aromatic carbocycles. The molecule has 0 unspecified atom stereocenters. The van der Waals surface area contributed by atoms with Crippen LogP contribution in [0.3, 0.4) is 0 Å². The number of nitrogens with zero attached hydrogens (tertiary/aromatic N) is 6. The maximum atomic E-state index is 6.19. The zero-order valence-corrected chi connectivity index (χ0v) is 13.6. The maximum absolute atomic E-state index is 6.19. The Bertz CT molecular complexity index is 676. The number of hydrogen-bond donors (Lipinski definition) is 1. The first-order valence-corrected chi connectivity index (χ1v) is 7.78. The first-order valence-electron chi connectivity index (χ1n) is 7.40. The second-order valence-corrected chi connectivity index (χ2v) is 5.38. The van der Waals surface area contributed by atoms with Crippen molar-refractivity contribution in [1.82, 2.24) is 19.9 Å². The zero-order valence-electron chi connectivity index (χ0n) is 12.8. The van der Waals surface area contributed by atoms with Gasteiger partial charge in [-0.15, -0.1) is 0 Å². The molecule has 0 bridgehead atoms. The molecule has 0 radical (unpaired) electrons. The van der Waals surface area contributed by atoms with Gasteiger partial charge >= 0.3 is 0 Å². The lowest BCUT2D eigenvalue weighted by atomic mass is 10.3. The third-order valence-electron chi connectivity index (χ3n) is 3.57. The molecule has 8 nitrogen and oxygen atoms in total. The minimum absolute atomic E-state index is 0.298. The SMILES string of the molecule is CCOc1ccnc(N2CCN(c3ncnc(N)c3Cl)CC2)n1. The maximum Gasteiger partial charge on any atom is 0.228 e. The fourth-order valence-corrected chi connectivity index (χ4v) is 2.64. The average molecular weight is 336 g/mol. The van der Waals surface area contributed by atoms with E-state index in [0.29, 0.717) is 35.1 Å². The number of anilines is 3. The summed E-state index contributed by atoms with van der Waals surface area (Å²) in [5.41, 5.74) is 5.74. The summed E-state index contributed by atoms with van der Waals surface area (Å²) in [5, 5.41) is 0.399. The predicted molar refractivity (Wildman–Crippen MR) is 89.1 cm³/mol. The summed E-state index contributed by atoms with van der Waals surface area (Å²) >= 11 is 6.19. The molecule has 2 N–H and O–H groups in total. The van der Waals surface area contributed by atoms with Crippen molar-refractivity contribution in [3.8, 4) is 5.88 Å². The monoisotopic (exact) mass is 335 g/mol. The first-order chi connectivity index (χ1) is 11.2. The van der Waals surface area contributed by atoms with Gasteiger partial charge < -0.3 is 20.3 Å². The van der Waals surface area contributed by atoms with Gasteiger partial charge in [0.2, 0.25) is 11.8 Å². The molecule has 2 aromatic heterocycles. The van der Waals surface area contributed by atoms with E-state index in [4.69, 9.17) is 22.1 Å². The van der Waals surface area contributed by atoms with Crippen LogP contribution >= 0.6 is 11.6 Å². The molecule has 3 heterocycles. The van der Waals surface area contributed by atoms with E-state index in [1.165, 1.54) is 6.33 Å². The van der Waals surface area contributed by atoms with Crippen LogP contribution in [0.15, 0.2) is 18.6 Å². The van der Waals surface area contributed by atoms with Gasteiger partial charge in [0.15, 0.2) is 5.82 Å². The molecule has 0 aliphatic carbocycles. The van der Waals surface area contributed by atoms with Gasteiger partial charge in [-0.1, -0.05) is 11.6 Å². The number of piperazine rings is 1. The quantitative estimate of drug-likeness (QED) is 0.891. The third kappa shape index (κ3) is 3.37. The molecule has 1 fully saturated rings. The van der Waals surface area contributed by atoms with Crippen molar-refractivity contribution in [2.75, 3.05) is 48.3 Å². The lowest BCUT2D eigenvalue weighted by Crippen LogP contribution is -2.47. The van der Waals surface area contributed by atoms with Crippen LogP contribution in [0.5, 0.6) is 5.88 Å². The first kappa shape index (κ1) is 15.5. The smallest absolute Gasteiger partial charge is 0.228 e. The van der Waals surface area contributed by atoms with E-state index in [0.717, 1.165) is 26.2 Å². The van der Waals surface area contributed by atoms with Crippen molar-refractivity contribution in [2.45, 2.75) is 6.92 Å². The van der Waals surface area contributed by atoms with Crippen LogP contribution in [0.4, 0.5) is 17.6 Å². The predicted octanol–water partition coefficient (Wildman–Crippen LogP) is 1.23. The minimum Gasteiger partial charge on any atom is -0.478 e. The molecule has 0 spiro atoms. The zero-order chi connectivity index (χ0) is 16.2. The molecule has 1 aliphatic heterocycles. The second kappa shape index (κ2) is 6.82. The van der Waals surface area contributed by atoms with E-state index >= 15 is 0 Å². The molecule has 1 saturated heterocycles. The summed E-state index contributed by atoms with van der Waals surface area (Å²) in [6.07, 6.45) is 3.14. The highest BCUT2D eigenvalue weighted by Gasteiger charge is 2.22. The number of nitrogen functional groups attached to an aromatic ring is 1.